The predicted molar refractivity (Wildman–Crippen MR) is 110 cm³/mol. The number of halogens is 3. The molecule has 0 bridgehead atoms. The van der Waals surface area contributed by atoms with E-state index in [1.807, 2.05) is 12.1 Å². The van der Waals surface area contributed by atoms with Crippen molar-refractivity contribution in [3.8, 4) is 11.5 Å². The summed E-state index contributed by atoms with van der Waals surface area (Å²) in [5.41, 5.74) is 1.74. The fraction of sp³-hybridized carbons (Fsp3) is 0.273. The molecule has 1 aromatic heterocycles. The quantitative estimate of drug-likeness (QED) is 0.473. The molecule has 0 saturated carbocycles. The standard InChI is InChI=1S/C22H17ClF2N2O5/c1-30-21(29)15-9-13-12-4-2-3-5-14(12)26-19(13)20(27(15)18(28)10-23)11-6-7-16-17(8-11)32-22(24,25)31-16/h2-8,15,20,26H,9-10H2,1H3/t15-,20-/m0/s1/i20D. The average Bonchev–Trinajstić information content (AvgIpc) is 3.33. The third-order valence-electron chi connectivity index (χ3n) is 5.53. The van der Waals surface area contributed by atoms with Gasteiger partial charge in [0.1, 0.15) is 11.9 Å². The van der Waals surface area contributed by atoms with Gasteiger partial charge in [0.25, 0.3) is 0 Å². The Kier molecular flexibility index (Phi) is 4.46. The molecule has 0 unspecified atom stereocenters. The number of nitrogens with zero attached hydrogens (tertiary/aromatic N) is 1. The molecular weight excluding hydrogens is 446 g/mol. The van der Waals surface area contributed by atoms with Gasteiger partial charge in [-0.1, -0.05) is 24.3 Å². The Morgan fingerprint density at radius 2 is 2.03 bits per heavy atom. The van der Waals surface area contributed by atoms with Crippen molar-refractivity contribution >= 4 is 34.4 Å². The first kappa shape index (κ1) is 19.4. The number of amides is 1. The Hall–Kier alpha value is -3.33. The maximum Gasteiger partial charge on any atom is 0.586 e. The Morgan fingerprint density at radius 1 is 1.28 bits per heavy atom. The molecule has 0 spiro atoms. The number of H-pyrrole nitrogens is 1. The third kappa shape index (κ3) is 3.15. The van der Waals surface area contributed by atoms with Gasteiger partial charge in [-0.25, -0.2) is 4.79 Å². The molecule has 7 nitrogen and oxygen atoms in total. The highest BCUT2D eigenvalue weighted by molar-refractivity contribution is 6.27. The highest BCUT2D eigenvalue weighted by Crippen LogP contribution is 2.46. The maximum atomic E-state index is 13.6. The monoisotopic (exact) mass is 463 g/mol. The van der Waals surface area contributed by atoms with E-state index >= 15 is 0 Å². The third-order valence-corrected chi connectivity index (χ3v) is 5.76. The summed E-state index contributed by atoms with van der Waals surface area (Å²) in [4.78, 5) is 30.0. The molecule has 0 aliphatic carbocycles. The van der Waals surface area contributed by atoms with Gasteiger partial charge in [0.05, 0.1) is 14.5 Å². The molecule has 0 saturated heterocycles. The molecule has 3 heterocycles. The Bertz CT molecular complexity index is 1300. The van der Waals surface area contributed by atoms with Crippen LogP contribution in [0, 0.1) is 0 Å². The zero-order valence-electron chi connectivity index (χ0n) is 17.7. The highest BCUT2D eigenvalue weighted by atomic mass is 35.5. The number of para-hydroxylation sites is 1. The number of ether oxygens (including phenoxy) is 3. The van der Waals surface area contributed by atoms with Crippen LogP contribution in [-0.2, 0) is 20.7 Å². The number of esters is 1. The van der Waals surface area contributed by atoms with Gasteiger partial charge in [0.15, 0.2) is 11.5 Å². The van der Waals surface area contributed by atoms with E-state index in [9.17, 15) is 19.7 Å². The van der Waals surface area contributed by atoms with E-state index in [-0.39, 0.29) is 23.5 Å². The lowest BCUT2D eigenvalue weighted by Gasteiger charge is -2.40. The van der Waals surface area contributed by atoms with Crippen LogP contribution in [0.3, 0.4) is 0 Å². The van der Waals surface area contributed by atoms with Gasteiger partial charge in [0, 0.05) is 23.0 Å². The predicted octanol–water partition coefficient (Wildman–Crippen LogP) is 3.74. The number of hydrogen-bond donors (Lipinski definition) is 1. The molecule has 2 atom stereocenters. The molecule has 5 rings (SSSR count). The van der Waals surface area contributed by atoms with Crippen molar-refractivity contribution in [3.05, 3.63) is 59.3 Å². The van der Waals surface area contributed by atoms with Gasteiger partial charge in [0.2, 0.25) is 5.91 Å². The number of rotatable bonds is 3. The topological polar surface area (TPSA) is 80.9 Å². The van der Waals surface area contributed by atoms with Gasteiger partial charge in [-0.2, -0.15) is 0 Å². The largest absolute Gasteiger partial charge is 0.586 e. The number of aromatic nitrogens is 1. The fourth-order valence-electron chi connectivity index (χ4n) is 4.24. The van der Waals surface area contributed by atoms with E-state index in [4.69, 9.17) is 16.3 Å². The molecule has 1 amide bonds. The van der Waals surface area contributed by atoms with Crippen molar-refractivity contribution in [2.45, 2.75) is 24.8 Å². The first-order chi connectivity index (χ1) is 15.7. The Morgan fingerprint density at radius 3 is 2.78 bits per heavy atom. The van der Waals surface area contributed by atoms with Crippen LogP contribution in [0.5, 0.6) is 11.5 Å². The number of methoxy groups -OCH3 is 1. The molecule has 2 aliphatic rings. The number of carbonyl (C=O) groups excluding carboxylic acids is 2. The van der Waals surface area contributed by atoms with E-state index in [1.54, 1.807) is 12.1 Å². The number of fused-ring (bicyclic) bond motifs is 4. The fourth-order valence-corrected chi connectivity index (χ4v) is 4.37. The van der Waals surface area contributed by atoms with E-state index < -0.39 is 36.1 Å². The second-order valence-electron chi connectivity index (χ2n) is 7.34. The molecule has 3 aromatic rings. The number of benzene rings is 2. The molecule has 2 aliphatic heterocycles. The summed E-state index contributed by atoms with van der Waals surface area (Å²) in [6.07, 6.45) is -3.77. The molecule has 2 aromatic carbocycles. The van der Waals surface area contributed by atoms with Crippen LogP contribution in [0.15, 0.2) is 42.5 Å². The van der Waals surface area contributed by atoms with E-state index in [1.165, 1.54) is 25.3 Å². The highest BCUT2D eigenvalue weighted by Gasteiger charge is 2.46. The number of carbonyl (C=O) groups is 2. The maximum absolute atomic E-state index is 13.6. The summed E-state index contributed by atoms with van der Waals surface area (Å²) in [5, 5.41) is 0.767. The van der Waals surface area contributed by atoms with Gasteiger partial charge in [-0.15, -0.1) is 20.4 Å². The van der Waals surface area contributed by atoms with Crippen molar-refractivity contribution < 1.29 is 34.0 Å². The van der Waals surface area contributed by atoms with Crippen molar-refractivity contribution in [1.29, 1.82) is 0 Å². The molecule has 1 N–H and O–H groups in total. The summed E-state index contributed by atoms with van der Waals surface area (Å²) < 4.78 is 50.7. The Labute approximate surface area is 187 Å². The zero-order valence-corrected chi connectivity index (χ0v) is 17.4. The van der Waals surface area contributed by atoms with E-state index in [0.29, 0.717) is 16.8 Å². The number of alkyl halides is 3. The van der Waals surface area contributed by atoms with Crippen molar-refractivity contribution in [2.24, 2.45) is 0 Å². The van der Waals surface area contributed by atoms with Crippen LogP contribution in [0.2, 0.25) is 0 Å². The average molecular weight is 464 g/mol. The second-order valence-corrected chi connectivity index (χ2v) is 7.61. The van der Waals surface area contributed by atoms with Crippen molar-refractivity contribution in [3.63, 3.8) is 0 Å². The molecule has 10 heteroatoms. The smallest absolute Gasteiger partial charge is 0.467 e. The summed E-state index contributed by atoms with van der Waals surface area (Å²) >= 11 is 5.87. The minimum atomic E-state index is -3.85. The SMILES string of the molecule is [2H][C@]1(c2ccc3c(c2)OC(F)(F)O3)c2[nH]c3ccccc3c2C[C@@H](C(=O)OC)N1C(=O)CCl. The van der Waals surface area contributed by atoms with Crippen LogP contribution in [-0.4, -0.2) is 47.1 Å². The van der Waals surface area contributed by atoms with Gasteiger partial charge >= 0.3 is 12.3 Å². The number of hydrogen-bond acceptors (Lipinski definition) is 5. The first-order valence-corrected chi connectivity index (χ1v) is 10.2. The Balaban J connectivity index is 1.79. The van der Waals surface area contributed by atoms with Crippen LogP contribution in [0.1, 0.15) is 24.2 Å². The van der Waals surface area contributed by atoms with Gasteiger partial charge in [-0.05, 0) is 29.3 Å². The van der Waals surface area contributed by atoms with Crippen LogP contribution in [0.25, 0.3) is 10.9 Å². The summed E-state index contributed by atoms with van der Waals surface area (Å²) in [7, 11) is 1.19. The first-order valence-electron chi connectivity index (χ1n) is 10.2. The molecule has 166 valence electrons. The van der Waals surface area contributed by atoms with Gasteiger partial charge in [-0.3, -0.25) is 4.79 Å². The minimum Gasteiger partial charge on any atom is -0.467 e. The van der Waals surface area contributed by atoms with Crippen molar-refractivity contribution in [1.82, 2.24) is 9.88 Å². The minimum absolute atomic E-state index is 0.0813. The summed E-state index contributed by atoms with van der Waals surface area (Å²) in [6, 6.07) is 7.85. The molecular formula is C22H17ClF2N2O5. The van der Waals surface area contributed by atoms with E-state index in [0.717, 1.165) is 10.3 Å². The van der Waals surface area contributed by atoms with Crippen LogP contribution >= 0.6 is 11.6 Å². The number of aromatic amines is 1. The normalized spacial score (nSPS) is 23.6. The lowest BCUT2D eigenvalue weighted by Crippen LogP contribution is -2.52. The van der Waals surface area contributed by atoms with Gasteiger partial charge < -0.3 is 24.1 Å². The van der Waals surface area contributed by atoms with Crippen LogP contribution < -0.4 is 9.47 Å². The zero-order chi connectivity index (χ0) is 23.5. The molecule has 0 fully saturated rings. The summed E-state index contributed by atoms with van der Waals surface area (Å²) in [5.74, 6) is -2.44. The van der Waals surface area contributed by atoms with Crippen LogP contribution in [0.4, 0.5) is 8.78 Å². The molecule has 32 heavy (non-hydrogen) atoms. The molecule has 0 radical (unpaired) electrons. The van der Waals surface area contributed by atoms with E-state index in [2.05, 4.69) is 14.5 Å². The summed E-state index contributed by atoms with van der Waals surface area (Å²) in [6.45, 7) is 0. The lowest BCUT2D eigenvalue weighted by atomic mass is 9.87. The number of nitrogens with one attached hydrogen (secondary N) is 1. The second kappa shape index (κ2) is 7.37. The van der Waals surface area contributed by atoms with Crippen molar-refractivity contribution in [2.75, 3.05) is 13.0 Å². The lowest BCUT2D eigenvalue weighted by molar-refractivity contribution is -0.286.